The van der Waals surface area contributed by atoms with Gasteiger partial charge in [0.1, 0.15) is 11.2 Å². The van der Waals surface area contributed by atoms with Crippen molar-refractivity contribution in [1.82, 2.24) is 0 Å². The van der Waals surface area contributed by atoms with Crippen LogP contribution in [-0.2, 0) is 0 Å². The van der Waals surface area contributed by atoms with E-state index in [-0.39, 0.29) is 0 Å². The SMILES string of the molecule is c1ccc(-c2ccccc2-c2cccc(N(c3ccc(-c4cccc5c4oc4ccccc45)cc3)c3ccc4c5ccccc5c5ccccc5c4c3)c2)cc1. The second kappa shape index (κ2) is 13.2. The van der Waals surface area contributed by atoms with Gasteiger partial charge in [0.2, 0.25) is 0 Å². The Labute approximate surface area is 325 Å². The van der Waals surface area contributed by atoms with E-state index < -0.39 is 0 Å². The van der Waals surface area contributed by atoms with Crippen molar-refractivity contribution in [1.29, 1.82) is 0 Å². The van der Waals surface area contributed by atoms with Gasteiger partial charge in [0.05, 0.1) is 0 Å². The van der Waals surface area contributed by atoms with E-state index >= 15 is 0 Å². The van der Waals surface area contributed by atoms with Crippen molar-refractivity contribution in [2.45, 2.75) is 0 Å². The summed E-state index contributed by atoms with van der Waals surface area (Å²) in [6.45, 7) is 0. The largest absolute Gasteiger partial charge is 0.455 e. The molecule has 2 heteroatoms. The molecule has 0 unspecified atom stereocenters. The predicted octanol–water partition coefficient (Wildman–Crippen LogP) is 15.5. The first kappa shape index (κ1) is 32.0. The molecule has 0 aliphatic carbocycles. The van der Waals surface area contributed by atoms with Gasteiger partial charge in [0.25, 0.3) is 0 Å². The van der Waals surface area contributed by atoms with E-state index in [1.54, 1.807) is 0 Å². The van der Waals surface area contributed by atoms with Gasteiger partial charge >= 0.3 is 0 Å². The third kappa shape index (κ3) is 5.26. The Morgan fingerprint density at radius 3 is 1.48 bits per heavy atom. The van der Waals surface area contributed by atoms with Gasteiger partial charge < -0.3 is 9.32 Å². The minimum absolute atomic E-state index is 0.906. The fraction of sp³-hybridized carbons (Fsp3) is 0. The normalized spacial score (nSPS) is 11.6. The van der Waals surface area contributed by atoms with Crippen molar-refractivity contribution in [3.8, 4) is 33.4 Å². The molecule has 0 amide bonds. The Kier molecular flexibility index (Phi) is 7.53. The van der Waals surface area contributed by atoms with Crippen LogP contribution >= 0.6 is 0 Å². The minimum atomic E-state index is 0.906. The van der Waals surface area contributed by atoms with Gasteiger partial charge in [-0.15, -0.1) is 0 Å². The molecule has 56 heavy (non-hydrogen) atoms. The number of fused-ring (bicyclic) bond motifs is 9. The van der Waals surface area contributed by atoms with E-state index in [9.17, 15) is 0 Å². The quantitative estimate of drug-likeness (QED) is 0.160. The van der Waals surface area contributed by atoms with E-state index in [4.69, 9.17) is 4.42 Å². The molecule has 1 aromatic heterocycles. The molecule has 11 aromatic rings. The molecule has 0 radical (unpaired) electrons. The number of furan rings is 1. The van der Waals surface area contributed by atoms with E-state index in [0.29, 0.717) is 0 Å². The molecule has 0 spiro atoms. The van der Waals surface area contributed by atoms with Crippen molar-refractivity contribution >= 4 is 71.3 Å². The lowest BCUT2D eigenvalue weighted by molar-refractivity contribution is 0.670. The summed E-state index contributed by atoms with van der Waals surface area (Å²) in [5, 5.41) is 9.82. The highest BCUT2D eigenvalue weighted by atomic mass is 16.3. The fourth-order valence-electron chi connectivity index (χ4n) is 8.66. The van der Waals surface area contributed by atoms with Crippen molar-refractivity contribution < 1.29 is 4.42 Å². The van der Waals surface area contributed by atoms with Gasteiger partial charge in [-0.3, -0.25) is 0 Å². The van der Waals surface area contributed by atoms with Crippen molar-refractivity contribution in [2.24, 2.45) is 0 Å². The van der Waals surface area contributed by atoms with Gasteiger partial charge in [-0.2, -0.15) is 0 Å². The van der Waals surface area contributed by atoms with Crippen LogP contribution in [0.1, 0.15) is 0 Å². The van der Waals surface area contributed by atoms with E-state index in [1.807, 2.05) is 12.1 Å². The Balaban J connectivity index is 1.10. The van der Waals surface area contributed by atoms with Crippen LogP contribution in [0.5, 0.6) is 0 Å². The highest BCUT2D eigenvalue weighted by Crippen LogP contribution is 2.43. The van der Waals surface area contributed by atoms with Crippen LogP contribution < -0.4 is 4.90 Å². The molecule has 0 aliphatic heterocycles. The summed E-state index contributed by atoms with van der Waals surface area (Å²) in [4.78, 5) is 2.39. The minimum Gasteiger partial charge on any atom is -0.455 e. The fourth-order valence-corrected chi connectivity index (χ4v) is 8.66. The highest BCUT2D eigenvalue weighted by molar-refractivity contribution is 6.25. The van der Waals surface area contributed by atoms with E-state index in [1.165, 1.54) is 49.0 Å². The van der Waals surface area contributed by atoms with Gasteiger partial charge in [-0.1, -0.05) is 170 Å². The number of anilines is 3. The zero-order chi connectivity index (χ0) is 37.0. The third-order valence-corrected chi connectivity index (χ3v) is 11.3. The smallest absolute Gasteiger partial charge is 0.143 e. The average molecular weight is 714 g/mol. The molecule has 0 saturated carbocycles. The standard InChI is InChI=1S/C54H35NO/c1-2-14-36(15-3-1)42-18-4-5-19-43(42)38-16-12-17-40(34-38)55(41-32-33-49-47-22-7-6-20-45(47)46-21-8-9-23-48(46)52(49)35-41)39-30-28-37(29-31-39)44-25-13-26-51-50-24-10-11-27-53(50)56-54(44)51/h1-35H. The zero-order valence-electron chi connectivity index (χ0n) is 30.6. The number of nitrogens with zero attached hydrogens (tertiary/aromatic N) is 1. The van der Waals surface area contributed by atoms with Crippen LogP contribution in [0.2, 0.25) is 0 Å². The first-order valence-corrected chi connectivity index (χ1v) is 19.2. The number of hydrogen-bond acceptors (Lipinski definition) is 2. The molecule has 11 rings (SSSR count). The molecular formula is C54H35NO. The van der Waals surface area contributed by atoms with Gasteiger partial charge in [-0.05, 0) is 103 Å². The summed E-state index contributed by atoms with van der Waals surface area (Å²) in [6, 6.07) is 76.5. The van der Waals surface area contributed by atoms with Crippen molar-refractivity contribution in [2.75, 3.05) is 4.90 Å². The molecule has 0 bridgehead atoms. The lowest BCUT2D eigenvalue weighted by Crippen LogP contribution is -2.10. The average Bonchev–Trinajstić information content (AvgIpc) is 3.66. The van der Waals surface area contributed by atoms with Crippen LogP contribution in [0.15, 0.2) is 217 Å². The van der Waals surface area contributed by atoms with E-state index in [0.717, 1.165) is 55.7 Å². The Hall–Kier alpha value is -7.42. The second-order valence-corrected chi connectivity index (χ2v) is 14.4. The van der Waals surface area contributed by atoms with Crippen LogP contribution in [0.25, 0.3) is 87.6 Å². The third-order valence-electron chi connectivity index (χ3n) is 11.3. The summed E-state index contributed by atoms with van der Waals surface area (Å²) in [5.41, 5.74) is 12.0. The Morgan fingerprint density at radius 1 is 0.268 bits per heavy atom. The van der Waals surface area contributed by atoms with Crippen molar-refractivity contribution in [3.63, 3.8) is 0 Å². The summed E-state index contributed by atoms with van der Waals surface area (Å²) < 4.78 is 6.45. The summed E-state index contributed by atoms with van der Waals surface area (Å²) in [7, 11) is 0. The topological polar surface area (TPSA) is 16.4 Å². The molecule has 10 aromatic carbocycles. The summed E-state index contributed by atoms with van der Waals surface area (Å²) in [6.07, 6.45) is 0. The molecule has 0 atom stereocenters. The van der Waals surface area contributed by atoms with Crippen molar-refractivity contribution in [3.05, 3.63) is 212 Å². The van der Waals surface area contributed by atoms with Gasteiger partial charge in [0, 0.05) is 33.4 Å². The maximum absolute atomic E-state index is 6.45. The molecule has 0 N–H and O–H groups in total. The molecule has 0 fully saturated rings. The maximum atomic E-state index is 6.45. The Bertz CT molecular complexity index is 3210. The zero-order valence-corrected chi connectivity index (χ0v) is 30.6. The van der Waals surface area contributed by atoms with Crippen LogP contribution in [0, 0.1) is 0 Å². The highest BCUT2D eigenvalue weighted by Gasteiger charge is 2.18. The first-order valence-electron chi connectivity index (χ1n) is 19.2. The van der Waals surface area contributed by atoms with Gasteiger partial charge in [0.15, 0.2) is 0 Å². The monoisotopic (exact) mass is 713 g/mol. The molecule has 262 valence electrons. The maximum Gasteiger partial charge on any atom is 0.143 e. The number of hydrogen-bond donors (Lipinski definition) is 0. The molecule has 2 nitrogen and oxygen atoms in total. The number of para-hydroxylation sites is 2. The number of rotatable bonds is 6. The first-order chi connectivity index (χ1) is 27.8. The van der Waals surface area contributed by atoms with E-state index in [2.05, 4.69) is 205 Å². The molecule has 0 aliphatic rings. The Morgan fingerprint density at radius 2 is 0.750 bits per heavy atom. The van der Waals surface area contributed by atoms with Gasteiger partial charge in [-0.25, -0.2) is 0 Å². The van der Waals surface area contributed by atoms with Crippen LogP contribution in [0.4, 0.5) is 17.1 Å². The summed E-state index contributed by atoms with van der Waals surface area (Å²) in [5.74, 6) is 0. The van der Waals surface area contributed by atoms with Crippen LogP contribution in [-0.4, -0.2) is 0 Å². The second-order valence-electron chi connectivity index (χ2n) is 14.4. The molecular weight excluding hydrogens is 679 g/mol. The molecule has 1 heterocycles. The lowest BCUT2D eigenvalue weighted by Gasteiger charge is -2.27. The molecule has 0 saturated heterocycles. The van der Waals surface area contributed by atoms with Crippen LogP contribution in [0.3, 0.4) is 0 Å². The summed E-state index contributed by atoms with van der Waals surface area (Å²) >= 11 is 0. The number of benzene rings is 10. The predicted molar refractivity (Wildman–Crippen MR) is 237 cm³/mol. The lowest BCUT2D eigenvalue weighted by atomic mass is 9.93.